The average molecular weight is 277 g/mol. The van der Waals surface area contributed by atoms with Crippen LogP contribution in [0, 0.1) is 0 Å². The van der Waals surface area contributed by atoms with E-state index < -0.39 is 0 Å². The van der Waals surface area contributed by atoms with Gasteiger partial charge in [0.15, 0.2) is 0 Å². The van der Waals surface area contributed by atoms with Gasteiger partial charge in [0.2, 0.25) is 5.91 Å². The van der Waals surface area contributed by atoms with Crippen molar-refractivity contribution in [1.29, 1.82) is 0 Å². The first-order valence-electron chi connectivity index (χ1n) is 6.96. The molecular formula is C15H23N3O2. The number of carbonyl (C=O) groups excluding carboxylic acids is 2. The van der Waals surface area contributed by atoms with Crippen LogP contribution in [0.4, 0.5) is 5.69 Å². The van der Waals surface area contributed by atoms with Gasteiger partial charge in [-0.2, -0.15) is 0 Å². The maximum atomic E-state index is 11.9. The van der Waals surface area contributed by atoms with Gasteiger partial charge in [-0.1, -0.05) is 6.92 Å². The Hall–Kier alpha value is -2.04. The van der Waals surface area contributed by atoms with Crippen LogP contribution < -0.4 is 16.4 Å². The van der Waals surface area contributed by atoms with Crippen LogP contribution in [0.2, 0.25) is 0 Å². The molecule has 0 aromatic heterocycles. The monoisotopic (exact) mass is 277 g/mol. The summed E-state index contributed by atoms with van der Waals surface area (Å²) in [6, 6.07) is 6.71. The third-order valence-corrected chi connectivity index (χ3v) is 2.93. The highest BCUT2D eigenvalue weighted by Crippen LogP contribution is 2.06. The van der Waals surface area contributed by atoms with E-state index in [2.05, 4.69) is 10.6 Å². The van der Waals surface area contributed by atoms with Crippen molar-refractivity contribution < 1.29 is 9.59 Å². The summed E-state index contributed by atoms with van der Waals surface area (Å²) in [5, 5.41) is 5.68. The van der Waals surface area contributed by atoms with Crippen LogP contribution in [0.5, 0.6) is 0 Å². The molecule has 5 nitrogen and oxygen atoms in total. The highest BCUT2D eigenvalue weighted by atomic mass is 16.2. The molecule has 110 valence electrons. The number of nitrogen functional groups attached to an aromatic ring is 1. The molecule has 1 atom stereocenters. The van der Waals surface area contributed by atoms with Crippen molar-refractivity contribution in [2.75, 3.05) is 12.3 Å². The number of carbonyl (C=O) groups is 2. The van der Waals surface area contributed by atoms with E-state index in [4.69, 9.17) is 5.73 Å². The minimum absolute atomic E-state index is 0.0282. The molecule has 20 heavy (non-hydrogen) atoms. The van der Waals surface area contributed by atoms with E-state index >= 15 is 0 Å². The molecule has 0 heterocycles. The number of benzene rings is 1. The summed E-state index contributed by atoms with van der Waals surface area (Å²) in [5.41, 5.74) is 6.77. The third kappa shape index (κ3) is 5.73. The second kappa shape index (κ2) is 8.19. The Labute approximate surface area is 119 Å². The summed E-state index contributed by atoms with van der Waals surface area (Å²) < 4.78 is 0. The Kier molecular flexibility index (Phi) is 6.56. The molecule has 0 saturated heterocycles. The molecule has 1 rings (SSSR count). The maximum Gasteiger partial charge on any atom is 0.251 e. The largest absolute Gasteiger partial charge is 0.399 e. The zero-order chi connectivity index (χ0) is 15.0. The quantitative estimate of drug-likeness (QED) is 0.663. The third-order valence-electron chi connectivity index (χ3n) is 2.93. The smallest absolute Gasteiger partial charge is 0.251 e. The van der Waals surface area contributed by atoms with Gasteiger partial charge in [0.1, 0.15) is 0 Å². The van der Waals surface area contributed by atoms with Crippen LogP contribution in [-0.2, 0) is 4.79 Å². The van der Waals surface area contributed by atoms with E-state index in [-0.39, 0.29) is 17.9 Å². The minimum Gasteiger partial charge on any atom is -0.399 e. The fraction of sp³-hybridized carbons (Fsp3) is 0.467. The van der Waals surface area contributed by atoms with Crippen molar-refractivity contribution in [1.82, 2.24) is 10.6 Å². The summed E-state index contributed by atoms with van der Waals surface area (Å²) in [6.45, 7) is 4.60. The van der Waals surface area contributed by atoms with Crippen LogP contribution in [0.15, 0.2) is 24.3 Å². The topological polar surface area (TPSA) is 84.2 Å². The van der Waals surface area contributed by atoms with Crippen LogP contribution in [0.25, 0.3) is 0 Å². The first kappa shape index (κ1) is 16.0. The molecule has 0 radical (unpaired) electrons. The molecule has 0 aliphatic carbocycles. The Bertz CT molecular complexity index is 443. The molecule has 1 unspecified atom stereocenters. The number of anilines is 1. The molecule has 0 saturated carbocycles. The molecule has 0 bridgehead atoms. The van der Waals surface area contributed by atoms with E-state index in [0.29, 0.717) is 30.6 Å². The zero-order valence-electron chi connectivity index (χ0n) is 12.1. The van der Waals surface area contributed by atoms with Crippen molar-refractivity contribution in [2.24, 2.45) is 0 Å². The van der Waals surface area contributed by atoms with Crippen molar-refractivity contribution >= 4 is 17.5 Å². The molecule has 0 aliphatic rings. The fourth-order valence-corrected chi connectivity index (χ4v) is 1.71. The summed E-state index contributed by atoms with van der Waals surface area (Å²) >= 11 is 0. The van der Waals surface area contributed by atoms with Gasteiger partial charge in [-0.25, -0.2) is 0 Å². The highest BCUT2D eigenvalue weighted by Gasteiger charge is 2.11. The van der Waals surface area contributed by atoms with Crippen LogP contribution in [-0.4, -0.2) is 24.4 Å². The Balaban J connectivity index is 2.34. The van der Waals surface area contributed by atoms with Crippen LogP contribution >= 0.6 is 0 Å². The van der Waals surface area contributed by atoms with Gasteiger partial charge in [-0.3, -0.25) is 9.59 Å². The van der Waals surface area contributed by atoms with Crippen molar-refractivity contribution in [3.8, 4) is 0 Å². The second-order valence-electron chi connectivity index (χ2n) is 4.89. The standard InChI is InChI=1S/C15H23N3O2/c1-3-10-17-14(19)9-4-11(2)18-15(20)12-5-7-13(16)8-6-12/h5-8,11H,3-4,9-10,16H2,1-2H3,(H,17,19)(H,18,20). The van der Waals surface area contributed by atoms with E-state index in [0.717, 1.165) is 6.42 Å². The fourth-order valence-electron chi connectivity index (χ4n) is 1.71. The lowest BCUT2D eigenvalue weighted by atomic mass is 10.1. The van der Waals surface area contributed by atoms with Gasteiger partial charge in [-0.15, -0.1) is 0 Å². The predicted octanol–water partition coefficient (Wildman–Crippen LogP) is 1.69. The van der Waals surface area contributed by atoms with E-state index in [1.807, 2.05) is 13.8 Å². The second-order valence-corrected chi connectivity index (χ2v) is 4.89. The van der Waals surface area contributed by atoms with Crippen molar-refractivity contribution in [3.05, 3.63) is 29.8 Å². The number of rotatable bonds is 7. The summed E-state index contributed by atoms with van der Waals surface area (Å²) in [4.78, 5) is 23.4. The lowest BCUT2D eigenvalue weighted by Crippen LogP contribution is -2.34. The molecule has 4 N–H and O–H groups in total. The molecule has 2 amide bonds. The molecule has 0 spiro atoms. The van der Waals surface area contributed by atoms with Gasteiger partial charge in [-0.05, 0) is 44.0 Å². The number of nitrogens with one attached hydrogen (secondary N) is 2. The van der Waals surface area contributed by atoms with Gasteiger partial charge in [0.05, 0.1) is 0 Å². The van der Waals surface area contributed by atoms with Gasteiger partial charge < -0.3 is 16.4 Å². The summed E-state index contributed by atoms with van der Waals surface area (Å²) in [6.07, 6.45) is 1.97. The van der Waals surface area contributed by atoms with Crippen LogP contribution in [0.3, 0.4) is 0 Å². The summed E-state index contributed by atoms with van der Waals surface area (Å²) in [5.74, 6) is -0.119. The van der Waals surface area contributed by atoms with E-state index in [1.165, 1.54) is 0 Å². The van der Waals surface area contributed by atoms with Gasteiger partial charge >= 0.3 is 0 Å². The Morgan fingerprint density at radius 3 is 2.50 bits per heavy atom. The van der Waals surface area contributed by atoms with Crippen molar-refractivity contribution in [3.63, 3.8) is 0 Å². The number of hydrogen-bond acceptors (Lipinski definition) is 3. The lowest BCUT2D eigenvalue weighted by Gasteiger charge is -2.13. The minimum atomic E-state index is -0.147. The normalized spacial score (nSPS) is 11.7. The highest BCUT2D eigenvalue weighted by molar-refractivity contribution is 5.94. The Morgan fingerprint density at radius 2 is 1.90 bits per heavy atom. The molecule has 0 fully saturated rings. The number of nitrogens with two attached hydrogens (primary N) is 1. The molecule has 1 aromatic carbocycles. The zero-order valence-corrected chi connectivity index (χ0v) is 12.1. The average Bonchev–Trinajstić information content (AvgIpc) is 2.43. The number of hydrogen-bond donors (Lipinski definition) is 3. The first-order valence-corrected chi connectivity index (χ1v) is 6.96. The molecular weight excluding hydrogens is 254 g/mol. The maximum absolute atomic E-state index is 11.9. The van der Waals surface area contributed by atoms with Gasteiger partial charge in [0.25, 0.3) is 5.91 Å². The van der Waals surface area contributed by atoms with E-state index in [1.54, 1.807) is 24.3 Å². The molecule has 5 heteroatoms. The van der Waals surface area contributed by atoms with Crippen LogP contribution in [0.1, 0.15) is 43.5 Å². The SMILES string of the molecule is CCCNC(=O)CCC(C)NC(=O)c1ccc(N)cc1. The molecule has 1 aromatic rings. The predicted molar refractivity (Wildman–Crippen MR) is 80.3 cm³/mol. The summed E-state index contributed by atoms with van der Waals surface area (Å²) in [7, 11) is 0. The first-order chi connectivity index (χ1) is 9.52. The van der Waals surface area contributed by atoms with E-state index in [9.17, 15) is 9.59 Å². The molecule has 0 aliphatic heterocycles. The van der Waals surface area contributed by atoms with Gasteiger partial charge in [0, 0.05) is 30.3 Å². The lowest BCUT2D eigenvalue weighted by molar-refractivity contribution is -0.121. The Morgan fingerprint density at radius 1 is 1.25 bits per heavy atom. The van der Waals surface area contributed by atoms with Crippen molar-refractivity contribution in [2.45, 2.75) is 39.2 Å². The number of amides is 2.